The van der Waals surface area contributed by atoms with Crippen LogP contribution in [0.15, 0.2) is 59.5 Å². The summed E-state index contributed by atoms with van der Waals surface area (Å²) in [5.41, 5.74) is 1.36. The Kier molecular flexibility index (Phi) is 4.50. The van der Waals surface area contributed by atoms with Crippen LogP contribution in [0, 0.1) is 0 Å². The molecule has 0 bridgehead atoms. The summed E-state index contributed by atoms with van der Waals surface area (Å²) in [4.78, 5) is 0.116. The second-order valence-corrected chi connectivity index (χ2v) is 7.44. The van der Waals surface area contributed by atoms with E-state index in [2.05, 4.69) is 0 Å². The zero-order chi connectivity index (χ0) is 16.4. The highest BCUT2D eigenvalue weighted by Gasteiger charge is 2.43. The number of β-amino-alcohol motifs (C(OH)–C–C–N with tert-alkyl or cyclic N) is 1. The molecule has 1 aliphatic heterocycles. The van der Waals surface area contributed by atoms with E-state index in [0.29, 0.717) is 12.0 Å². The van der Waals surface area contributed by atoms with Crippen molar-refractivity contribution in [3.63, 3.8) is 0 Å². The molecule has 122 valence electrons. The normalized spacial score (nSPS) is 23.4. The van der Waals surface area contributed by atoms with Crippen molar-refractivity contribution in [3.05, 3.63) is 65.7 Å². The topological polar surface area (TPSA) is 77.8 Å². The maximum Gasteiger partial charge on any atom is 0.243 e. The summed E-state index contributed by atoms with van der Waals surface area (Å²) in [7, 11) is -3.73. The molecule has 23 heavy (non-hydrogen) atoms. The minimum Gasteiger partial charge on any atom is -0.395 e. The highest BCUT2D eigenvalue weighted by Crippen LogP contribution is 2.37. The van der Waals surface area contributed by atoms with Crippen LogP contribution in [0.4, 0.5) is 0 Å². The van der Waals surface area contributed by atoms with Gasteiger partial charge in [-0.1, -0.05) is 48.5 Å². The lowest BCUT2D eigenvalue weighted by Gasteiger charge is -2.39. The third-order valence-corrected chi connectivity index (χ3v) is 6.17. The Morgan fingerprint density at radius 3 is 2.35 bits per heavy atom. The van der Waals surface area contributed by atoms with Crippen LogP contribution >= 0.6 is 0 Å². The zero-order valence-corrected chi connectivity index (χ0v) is 13.4. The van der Waals surface area contributed by atoms with Crippen LogP contribution in [0.1, 0.15) is 17.2 Å². The number of aliphatic hydroxyl groups excluding tert-OH is 2. The fraction of sp³-hybridized carbons (Fsp3) is 0.294. The molecule has 0 aromatic heterocycles. The molecule has 2 aromatic rings. The molecule has 0 saturated carbocycles. The number of nitrogens with zero attached hydrogens (tertiary/aromatic N) is 1. The molecule has 0 aliphatic carbocycles. The minimum absolute atomic E-state index is 0.0365. The summed E-state index contributed by atoms with van der Waals surface area (Å²) in [6, 6.07) is 15.3. The van der Waals surface area contributed by atoms with Gasteiger partial charge in [0.2, 0.25) is 10.0 Å². The van der Waals surface area contributed by atoms with Crippen LogP contribution in [0.5, 0.6) is 0 Å². The van der Waals surface area contributed by atoms with Crippen molar-refractivity contribution in [2.75, 3.05) is 13.2 Å². The number of sulfonamides is 1. The standard InChI is InChI=1S/C17H19NO4S/c19-11-10-18-15(12-13-6-2-1-3-7-13)17(20)14-8-4-5-9-16(14)23(18,21)22/h1-9,15,17,19-20H,10-12H2/t15-,17-/m1/s1. The Morgan fingerprint density at radius 1 is 1.00 bits per heavy atom. The van der Waals surface area contributed by atoms with Crippen molar-refractivity contribution in [1.82, 2.24) is 4.31 Å². The van der Waals surface area contributed by atoms with Crippen LogP contribution in [0.3, 0.4) is 0 Å². The summed E-state index contributed by atoms with van der Waals surface area (Å²) < 4.78 is 26.9. The summed E-state index contributed by atoms with van der Waals surface area (Å²) in [6.07, 6.45) is -0.545. The Bertz CT molecular complexity index is 776. The van der Waals surface area contributed by atoms with Crippen molar-refractivity contribution < 1.29 is 18.6 Å². The Balaban J connectivity index is 2.07. The number of benzene rings is 2. The van der Waals surface area contributed by atoms with E-state index in [1.807, 2.05) is 30.3 Å². The molecule has 0 radical (unpaired) electrons. The first kappa shape index (κ1) is 16.1. The van der Waals surface area contributed by atoms with Gasteiger partial charge in [-0.25, -0.2) is 8.42 Å². The molecular formula is C17H19NO4S. The SMILES string of the molecule is O=S1(=O)c2ccccc2[C@@H](O)[C@@H](Cc2ccccc2)N1CCO. The maximum absolute atomic E-state index is 12.8. The van der Waals surface area contributed by atoms with Gasteiger partial charge in [-0.15, -0.1) is 0 Å². The number of fused-ring (bicyclic) bond motifs is 1. The van der Waals surface area contributed by atoms with Crippen LogP contribution in [0.25, 0.3) is 0 Å². The van der Waals surface area contributed by atoms with Gasteiger partial charge in [0.15, 0.2) is 0 Å². The predicted molar refractivity (Wildman–Crippen MR) is 86.3 cm³/mol. The highest BCUT2D eigenvalue weighted by molar-refractivity contribution is 7.89. The first-order chi connectivity index (χ1) is 11.1. The second-order valence-electron chi connectivity index (χ2n) is 5.58. The van der Waals surface area contributed by atoms with Crippen molar-refractivity contribution in [2.45, 2.75) is 23.5 Å². The lowest BCUT2D eigenvalue weighted by Crippen LogP contribution is -2.50. The van der Waals surface area contributed by atoms with E-state index < -0.39 is 22.2 Å². The number of aliphatic hydroxyl groups is 2. The highest BCUT2D eigenvalue weighted by atomic mass is 32.2. The first-order valence-corrected chi connectivity index (χ1v) is 8.93. The number of rotatable bonds is 4. The van der Waals surface area contributed by atoms with Gasteiger partial charge in [0.05, 0.1) is 23.6 Å². The Labute approximate surface area is 135 Å². The second kappa shape index (κ2) is 6.41. The van der Waals surface area contributed by atoms with Crippen molar-refractivity contribution in [3.8, 4) is 0 Å². The van der Waals surface area contributed by atoms with Gasteiger partial charge < -0.3 is 10.2 Å². The van der Waals surface area contributed by atoms with Crippen molar-refractivity contribution in [1.29, 1.82) is 0 Å². The van der Waals surface area contributed by atoms with Crippen LogP contribution < -0.4 is 0 Å². The summed E-state index contributed by atoms with van der Waals surface area (Å²) in [5, 5.41) is 20.0. The molecule has 0 amide bonds. The molecule has 3 rings (SSSR count). The van der Waals surface area contributed by atoms with Gasteiger partial charge >= 0.3 is 0 Å². The molecule has 1 heterocycles. The molecule has 5 nitrogen and oxygen atoms in total. The van der Waals surface area contributed by atoms with E-state index in [0.717, 1.165) is 5.56 Å². The van der Waals surface area contributed by atoms with Gasteiger partial charge in [-0.3, -0.25) is 0 Å². The third kappa shape index (κ3) is 2.90. The van der Waals surface area contributed by atoms with E-state index in [-0.39, 0.29) is 18.0 Å². The number of hydrogen-bond acceptors (Lipinski definition) is 4. The molecule has 2 N–H and O–H groups in total. The van der Waals surface area contributed by atoms with E-state index in [9.17, 15) is 18.6 Å². The van der Waals surface area contributed by atoms with Gasteiger partial charge in [0, 0.05) is 12.1 Å². The van der Waals surface area contributed by atoms with E-state index >= 15 is 0 Å². The lowest BCUT2D eigenvalue weighted by molar-refractivity contribution is 0.0725. The fourth-order valence-corrected chi connectivity index (χ4v) is 4.94. The monoisotopic (exact) mass is 333 g/mol. The minimum atomic E-state index is -3.73. The molecule has 0 unspecified atom stereocenters. The van der Waals surface area contributed by atoms with Crippen LogP contribution in [-0.2, 0) is 16.4 Å². The molecule has 0 spiro atoms. The van der Waals surface area contributed by atoms with Gasteiger partial charge in [-0.2, -0.15) is 4.31 Å². The fourth-order valence-electron chi connectivity index (χ4n) is 3.08. The first-order valence-electron chi connectivity index (χ1n) is 7.49. The summed E-state index contributed by atoms with van der Waals surface area (Å²) >= 11 is 0. The molecule has 0 fully saturated rings. The van der Waals surface area contributed by atoms with Gasteiger partial charge in [-0.05, 0) is 18.1 Å². The van der Waals surface area contributed by atoms with Gasteiger partial charge in [0.1, 0.15) is 0 Å². The van der Waals surface area contributed by atoms with Crippen molar-refractivity contribution in [2.24, 2.45) is 0 Å². The van der Waals surface area contributed by atoms with Crippen LogP contribution in [-0.4, -0.2) is 42.1 Å². The average molecular weight is 333 g/mol. The van der Waals surface area contributed by atoms with E-state index in [1.165, 1.54) is 10.4 Å². The third-order valence-electron chi connectivity index (χ3n) is 4.17. The van der Waals surface area contributed by atoms with Gasteiger partial charge in [0.25, 0.3) is 0 Å². The number of hydrogen-bond donors (Lipinski definition) is 2. The maximum atomic E-state index is 12.8. The Hall–Kier alpha value is -1.73. The smallest absolute Gasteiger partial charge is 0.243 e. The zero-order valence-electron chi connectivity index (χ0n) is 12.5. The summed E-state index contributed by atoms with van der Waals surface area (Å²) in [5.74, 6) is 0. The molecule has 2 aromatic carbocycles. The molecule has 6 heteroatoms. The molecule has 2 atom stereocenters. The molecular weight excluding hydrogens is 314 g/mol. The largest absolute Gasteiger partial charge is 0.395 e. The average Bonchev–Trinajstić information content (AvgIpc) is 2.57. The quantitative estimate of drug-likeness (QED) is 0.885. The molecule has 0 saturated heterocycles. The Morgan fingerprint density at radius 2 is 1.65 bits per heavy atom. The van der Waals surface area contributed by atoms with Crippen molar-refractivity contribution >= 4 is 10.0 Å². The molecule has 1 aliphatic rings. The lowest BCUT2D eigenvalue weighted by atomic mass is 9.95. The van der Waals surface area contributed by atoms with E-state index in [1.54, 1.807) is 18.2 Å². The summed E-state index contributed by atoms with van der Waals surface area (Å²) in [6.45, 7) is -0.329. The van der Waals surface area contributed by atoms with Crippen LogP contribution in [0.2, 0.25) is 0 Å². The van der Waals surface area contributed by atoms with E-state index in [4.69, 9.17) is 0 Å². The predicted octanol–water partition coefficient (Wildman–Crippen LogP) is 1.33.